The number of halogens is 4. The molecule has 0 spiro atoms. The number of benzene rings is 3. The molecule has 0 bridgehead atoms. The quantitative estimate of drug-likeness (QED) is 0.584. The highest BCUT2D eigenvalue weighted by Gasteiger charge is 2.34. The van der Waals surface area contributed by atoms with Gasteiger partial charge in [0.15, 0.2) is 0 Å². The van der Waals surface area contributed by atoms with Gasteiger partial charge in [-0.3, -0.25) is 0 Å². The summed E-state index contributed by atoms with van der Waals surface area (Å²) in [5.41, 5.74) is 0.543. The van der Waals surface area contributed by atoms with Crippen LogP contribution in [0.25, 0.3) is 10.8 Å². The van der Waals surface area contributed by atoms with E-state index in [1.165, 1.54) is 6.07 Å². The number of hydrogen-bond donors (Lipinski definition) is 1. The Bertz CT molecular complexity index is 869. The number of alkyl halides is 3. The summed E-state index contributed by atoms with van der Waals surface area (Å²) in [6.45, 7) is 1.93. The molecular weight excluding hydrogens is 306 g/mol. The highest BCUT2D eigenvalue weighted by Crippen LogP contribution is 2.34. The van der Waals surface area contributed by atoms with Gasteiger partial charge in [-0.25, -0.2) is 4.39 Å². The second-order valence-corrected chi connectivity index (χ2v) is 5.21. The molecule has 117 valence electrons. The van der Waals surface area contributed by atoms with E-state index >= 15 is 0 Å². The molecule has 0 unspecified atom stereocenters. The second kappa shape index (κ2) is 5.57. The van der Waals surface area contributed by atoms with Gasteiger partial charge in [0.25, 0.3) is 0 Å². The van der Waals surface area contributed by atoms with Crippen molar-refractivity contribution < 1.29 is 17.6 Å². The first-order valence-electron chi connectivity index (χ1n) is 6.90. The van der Waals surface area contributed by atoms with Gasteiger partial charge in [-0.15, -0.1) is 0 Å². The predicted octanol–water partition coefficient (Wildman–Crippen LogP) is 5.85. The Morgan fingerprint density at radius 2 is 1.83 bits per heavy atom. The number of nitrogens with one attached hydrogen (secondary N) is 1. The van der Waals surface area contributed by atoms with Crippen LogP contribution in [0.15, 0.2) is 48.5 Å². The van der Waals surface area contributed by atoms with Crippen molar-refractivity contribution in [2.24, 2.45) is 0 Å². The zero-order valence-corrected chi connectivity index (χ0v) is 12.1. The first-order valence-corrected chi connectivity index (χ1v) is 6.90. The van der Waals surface area contributed by atoms with Crippen LogP contribution in [0.4, 0.5) is 28.9 Å². The minimum absolute atomic E-state index is 0.174. The summed E-state index contributed by atoms with van der Waals surface area (Å²) in [5.74, 6) is -1.29. The fraction of sp³-hybridized carbons (Fsp3) is 0.111. The standard InChI is InChI=1S/C18H12F4N/c1-11-4-2-6-14-13(11)5-3-7-17(14)23-12-8-9-16(19)15(10-12)18(20,21)22/h2-4,6-10,23H,1H3. The smallest absolute Gasteiger partial charge is 0.355 e. The third-order valence-corrected chi connectivity index (χ3v) is 3.59. The number of fused-ring (bicyclic) bond motifs is 1. The van der Waals surface area contributed by atoms with Crippen LogP contribution in [0.3, 0.4) is 0 Å². The molecular formula is C18H12F4N. The van der Waals surface area contributed by atoms with E-state index in [1.807, 2.05) is 25.1 Å². The van der Waals surface area contributed by atoms with Crippen LogP contribution in [0.1, 0.15) is 11.1 Å². The average Bonchev–Trinajstić information content (AvgIpc) is 2.49. The van der Waals surface area contributed by atoms with Crippen molar-refractivity contribution in [2.45, 2.75) is 13.1 Å². The maximum atomic E-state index is 13.4. The molecule has 0 saturated carbocycles. The molecule has 0 aliphatic rings. The first-order chi connectivity index (χ1) is 10.9. The Hall–Kier alpha value is -2.56. The summed E-state index contributed by atoms with van der Waals surface area (Å²) in [6.07, 6.45) is -4.73. The molecule has 1 nitrogen and oxygen atoms in total. The van der Waals surface area contributed by atoms with Gasteiger partial charge in [0.1, 0.15) is 5.82 Å². The lowest BCUT2D eigenvalue weighted by Gasteiger charge is -2.13. The summed E-state index contributed by atoms with van der Waals surface area (Å²) in [6, 6.07) is 15.0. The van der Waals surface area contributed by atoms with Crippen LogP contribution in [0.2, 0.25) is 0 Å². The van der Waals surface area contributed by atoms with Gasteiger partial charge < -0.3 is 5.32 Å². The van der Waals surface area contributed by atoms with E-state index in [2.05, 4.69) is 11.4 Å². The SMILES string of the molecule is Cc1cccc2c(Nc3ccc(F)c(C(F)(F)F)c3)cc[c]c12. The van der Waals surface area contributed by atoms with Crippen molar-refractivity contribution in [2.75, 3.05) is 5.32 Å². The molecule has 0 fully saturated rings. The zero-order valence-electron chi connectivity index (χ0n) is 12.1. The number of aryl methyl sites for hydroxylation is 1. The van der Waals surface area contributed by atoms with Crippen LogP contribution in [0, 0.1) is 18.8 Å². The highest BCUT2D eigenvalue weighted by molar-refractivity contribution is 5.96. The van der Waals surface area contributed by atoms with Crippen molar-refractivity contribution in [3.8, 4) is 0 Å². The fourth-order valence-corrected chi connectivity index (χ4v) is 2.47. The molecule has 0 aliphatic heterocycles. The molecule has 1 radical (unpaired) electrons. The summed E-state index contributed by atoms with van der Waals surface area (Å²) < 4.78 is 51.8. The van der Waals surface area contributed by atoms with Gasteiger partial charge in [0.2, 0.25) is 0 Å². The van der Waals surface area contributed by atoms with E-state index in [4.69, 9.17) is 0 Å². The summed E-state index contributed by atoms with van der Waals surface area (Å²) >= 11 is 0. The Morgan fingerprint density at radius 1 is 1.04 bits per heavy atom. The molecule has 0 aromatic heterocycles. The molecule has 0 atom stereocenters. The molecule has 0 heterocycles. The summed E-state index contributed by atoms with van der Waals surface area (Å²) in [4.78, 5) is 0. The molecule has 5 heteroatoms. The van der Waals surface area contributed by atoms with Crippen molar-refractivity contribution in [3.05, 3.63) is 71.5 Å². The van der Waals surface area contributed by atoms with Crippen LogP contribution in [0.5, 0.6) is 0 Å². The molecule has 0 aliphatic carbocycles. The van der Waals surface area contributed by atoms with Gasteiger partial charge >= 0.3 is 6.18 Å². The minimum Gasteiger partial charge on any atom is -0.355 e. The second-order valence-electron chi connectivity index (χ2n) is 5.21. The monoisotopic (exact) mass is 318 g/mol. The maximum Gasteiger partial charge on any atom is 0.419 e. The minimum atomic E-state index is -4.73. The molecule has 23 heavy (non-hydrogen) atoms. The van der Waals surface area contributed by atoms with Gasteiger partial charge in [-0.2, -0.15) is 13.2 Å². The van der Waals surface area contributed by atoms with E-state index < -0.39 is 17.6 Å². The predicted molar refractivity (Wildman–Crippen MR) is 82.2 cm³/mol. The lowest BCUT2D eigenvalue weighted by atomic mass is 10.0. The van der Waals surface area contributed by atoms with Crippen LogP contribution < -0.4 is 5.32 Å². The summed E-state index contributed by atoms with van der Waals surface area (Å²) in [5, 5.41) is 4.65. The lowest BCUT2D eigenvalue weighted by molar-refractivity contribution is -0.139. The Morgan fingerprint density at radius 3 is 2.57 bits per heavy atom. The van der Waals surface area contributed by atoms with Crippen molar-refractivity contribution in [1.29, 1.82) is 0 Å². The van der Waals surface area contributed by atoms with E-state index in [9.17, 15) is 17.6 Å². The third kappa shape index (κ3) is 2.99. The molecule has 0 saturated heterocycles. The van der Waals surface area contributed by atoms with Crippen molar-refractivity contribution in [1.82, 2.24) is 0 Å². The van der Waals surface area contributed by atoms with E-state index in [1.54, 1.807) is 12.1 Å². The lowest BCUT2D eigenvalue weighted by Crippen LogP contribution is -2.08. The molecule has 3 aromatic carbocycles. The van der Waals surface area contributed by atoms with Crippen LogP contribution in [-0.4, -0.2) is 0 Å². The zero-order chi connectivity index (χ0) is 16.6. The molecule has 0 amide bonds. The topological polar surface area (TPSA) is 12.0 Å². The Kier molecular flexibility index (Phi) is 3.72. The van der Waals surface area contributed by atoms with E-state index in [0.717, 1.165) is 28.5 Å². The van der Waals surface area contributed by atoms with Gasteiger partial charge in [-0.1, -0.05) is 24.3 Å². The molecule has 3 aromatic rings. The largest absolute Gasteiger partial charge is 0.419 e. The average molecular weight is 318 g/mol. The number of rotatable bonds is 2. The van der Waals surface area contributed by atoms with Crippen LogP contribution >= 0.6 is 0 Å². The highest BCUT2D eigenvalue weighted by atomic mass is 19.4. The number of hydrogen-bond acceptors (Lipinski definition) is 1. The van der Waals surface area contributed by atoms with Gasteiger partial charge in [0, 0.05) is 16.8 Å². The maximum absolute atomic E-state index is 13.4. The summed E-state index contributed by atoms with van der Waals surface area (Å²) in [7, 11) is 0. The van der Waals surface area contributed by atoms with Gasteiger partial charge in [0.05, 0.1) is 5.56 Å². The van der Waals surface area contributed by atoms with Crippen LogP contribution in [-0.2, 0) is 6.18 Å². The normalized spacial score (nSPS) is 11.7. The van der Waals surface area contributed by atoms with E-state index in [-0.39, 0.29) is 5.69 Å². The van der Waals surface area contributed by atoms with Gasteiger partial charge in [-0.05, 0) is 48.2 Å². The van der Waals surface area contributed by atoms with Crippen molar-refractivity contribution >= 4 is 22.1 Å². The Labute approximate surface area is 130 Å². The third-order valence-electron chi connectivity index (χ3n) is 3.59. The molecule has 3 rings (SSSR count). The fourth-order valence-electron chi connectivity index (χ4n) is 2.47. The van der Waals surface area contributed by atoms with Crippen molar-refractivity contribution in [3.63, 3.8) is 0 Å². The van der Waals surface area contributed by atoms with E-state index in [0.29, 0.717) is 5.69 Å². The Balaban J connectivity index is 2.05. The number of anilines is 2. The first kappa shape index (κ1) is 15.3. The molecule has 1 N–H and O–H groups in total.